The normalized spacial score (nSPS) is 12.3. The zero-order chi connectivity index (χ0) is 10.8. The highest BCUT2D eigenvalue weighted by Crippen LogP contribution is 2.18. The molecule has 2 N–H and O–H groups in total. The van der Waals surface area contributed by atoms with E-state index in [0.717, 1.165) is 0 Å². The van der Waals surface area contributed by atoms with Gasteiger partial charge in [-0.1, -0.05) is 0 Å². The van der Waals surface area contributed by atoms with Crippen molar-refractivity contribution in [2.75, 3.05) is 14.1 Å². The lowest BCUT2D eigenvalue weighted by atomic mass is 10.5. The summed E-state index contributed by atoms with van der Waals surface area (Å²) in [5.74, 6) is 0. The predicted molar refractivity (Wildman–Crippen MR) is 54.3 cm³/mol. The standard InChI is InChI=1S/C7H12N2O3S2/c1-9(2)8-14(11,12)7-3-6(4-10)13-5-7/h3,5,8,10H,4H2,1-2H3. The minimum atomic E-state index is -3.47. The molecule has 14 heavy (non-hydrogen) atoms. The fourth-order valence-electron chi connectivity index (χ4n) is 0.877. The minimum absolute atomic E-state index is 0.137. The molecule has 0 aromatic carbocycles. The predicted octanol–water partition coefficient (Wildman–Crippen LogP) is -0.00470. The van der Waals surface area contributed by atoms with Crippen molar-refractivity contribution in [3.63, 3.8) is 0 Å². The molecule has 0 unspecified atom stereocenters. The molecule has 1 aromatic rings. The van der Waals surface area contributed by atoms with Crippen molar-refractivity contribution in [3.8, 4) is 0 Å². The van der Waals surface area contributed by atoms with Crippen LogP contribution in [0.4, 0.5) is 0 Å². The number of aliphatic hydroxyl groups excluding tert-OH is 1. The van der Waals surface area contributed by atoms with Gasteiger partial charge < -0.3 is 5.11 Å². The van der Waals surface area contributed by atoms with Gasteiger partial charge in [-0.2, -0.15) is 0 Å². The van der Waals surface area contributed by atoms with E-state index in [9.17, 15) is 8.42 Å². The van der Waals surface area contributed by atoms with Crippen molar-refractivity contribution in [2.45, 2.75) is 11.5 Å². The molecule has 0 saturated carbocycles. The van der Waals surface area contributed by atoms with Gasteiger partial charge >= 0.3 is 0 Å². The van der Waals surface area contributed by atoms with Gasteiger partial charge in [0.15, 0.2) is 0 Å². The van der Waals surface area contributed by atoms with Crippen LogP contribution in [0.25, 0.3) is 0 Å². The zero-order valence-corrected chi connectivity index (χ0v) is 9.52. The zero-order valence-electron chi connectivity index (χ0n) is 7.89. The van der Waals surface area contributed by atoms with Gasteiger partial charge in [0.05, 0.1) is 11.5 Å². The van der Waals surface area contributed by atoms with E-state index >= 15 is 0 Å². The highest BCUT2D eigenvalue weighted by molar-refractivity contribution is 7.89. The molecule has 0 amide bonds. The van der Waals surface area contributed by atoms with Gasteiger partial charge in [0.2, 0.25) is 0 Å². The van der Waals surface area contributed by atoms with Gasteiger partial charge in [-0.15, -0.1) is 16.2 Å². The molecule has 0 radical (unpaired) electrons. The van der Waals surface area contributed by atoms with Crippen LogP contribution in [0, 0.1) is 0 Å². The quantitative estimate of drug-likeness (QED) is 0.722. The second kappa shape index (κ2) is 4.37. The summed E-state index contributed by atoms with van der Waals surface area (Å²) in [6, 6.07) is 1.45. The lowest BCUT2D eigenvalue weighted by Crippen LogP contribution is -2.35. The van der Waals surface area contributed by atoms with Crippen LogP contribution >= 0.6 is 11.3 Å². The highest BCUT2D eigenvalue weighted by atomic mass is 32.2. The maximum absolute atomic E-state index is 11.5. The van der Waals surface area contributed by atoms with Gasteiger partial charge in [-0.05, 0) is 6.07 Å². The van der Waals surface area contributed by atoms with E-state index in [-0.39, 0.29) is 11.5 Å². The molecule has 0 bridgehead atoms. The van der Waals surface area contributed by atoms with E-state index in [1.165, 1.54) is 27.8 Å². The Morgan fingerprint density at radius 1 is 1.57 bits per heavy atom. The van der Waals surface area contributed by atoms with Crippen molar-refractivity contribution in [3.05, 3.63) is 16.3 Å². The Morgan fingerprint density at radius 2 is 2.21 bits per heavy atom. The van der Waals surface area contributed by atoms with E-state index in [0.29, 0.717) is 4.88 Å². The molecule has 0 atom stereocenters. The van der Waals surface area contributed by atoms with E-state index in [1.807, 2.05) is 0 Å². The van der Waals surface area contributed by atoms with E-state index in [1.54, 1.807) is 14.1 Å². The highest BCUT2D eigenvalue weighted by Gasteiger charge is 2.16. The van der Waals surface area contributed by atoms with Crippen LogP contribution in [0.1, 0.15) is 4.88 Å². The Kier molecular flexibility index (Phi) is 3.62. The lowest BCUT2D eigenvalue weighted by Gasteiger charge is -2.10. The van der Waals surface area contributed by atoms with Gasteiger partial charge in [0.25, 0.3) is 10.0 Å². The lowest BCUT2D eigenvalue weighted by molar-refractivity contribution is 0.285. The molecule has 1 heterocycles. The maximum Gasteiger partial charge on any atom is 0.254 e. The first kappa shape index (κ1) is 11.6. The molecule has 0 saturated heterocycles. The number of hydrogen-bond donors (Lipinski definition) is 2. The van der Waals surface area contributed by atoms with Gasteiger partial charge in [0, 0.05) is 24.4 Å². The van der Waals surface area contributed by atoms with Crippen LogP contribution in [0.5, 0.6) is 0 Å². The van der Waals surface area contributed by atoms with Crippen LogP contribution in [0.2, 0.25) is 0 Å². The Hall–Kier alpha value is -0.470. The van der Waals surface area contributed by atoms with Crippen molar-refractivity contribution < 1.29 is 13.5 Å². The molecule has 1 rings (SSSR count). The third-order valence-electron chi connectivity index (χ3n) is 1.40. The summed E-state index contributed by atoms with van der Waals surface area (Å²) in [7, 11) is -0.285. The second-order valence-electron chi connectivity index (χ2n) is 2.90. The van der Waals surface area contributed by atoms with Crippen LogP contribution in [0.15, 0.2) is 16.3 Å². The van der Waals surface area contributed by atoms with Gasteiger partial charge in [-0.3, -0.25) is 0 Å². The molecule has 0 aliphatic rings. The number of sulfonamides is 1. The first-order valence-corrected chi connectivity index (χ1v) is 6.20. The van der Waals surface area contributed by atoms with Crippen LogP contribution in [0.3, 0.4) is 0 Å². The smallest absolute Gasteiger partial charge is 0.254 e. The molecule has 0 aliphatic carbocycles. The number of aliphatic hydroxyl groups is 1. The fraction of sp³-hybridized carbons (Fsp3) is 0.429. The molecular formula is C7H12N2O3S2. The molecular weight excluding hydrogens is 224 g/mol. The van der Waals surface area contributed by atoms with Crippen LogP contribution in [-0.4, -0.2) is 32.6 Å². The fourth-order valence-corrected chi connectivity index (χ4v) is 3.09. The summed E-state index contributed by atoms with van der Waals surface area (Å²) >= 11 is 1.22. The first-order chi connectivity index (χ1) is 6.45. The van der Waals surface area contributed by atoms with Crippen LogP contribution in [-0.2, 0) is 16.6 Å². The Labute approximate surface area is 87.0 Å². The van der Waals surface area contributed by atoms with E-state index in [2.05, 4.69) is 4.83 Å². The Bertz CT molecular complexity index is 397. The monoisotopic (exact) mass is 236 g/mol. The average molecular weight is 236 g/mol. The summed E-state index contributed by atoms with van der Waals surface area (Å²) in [5.41, 5.74) is 0. The summed E-state index contributed by atoms with van der Waals surface area (Å²) in [4.78, 5) is 3.11. The number of hydrazine groups is 1. The minimum Gasteiger partial charge on any atom is -0.391 e. The Morgan fingerprint density at radius 3 is 2.64 bits per heavy atom. The van der Waals surface area contributed by atoms with Crippen molar-refractivity contribution >= 4 is 21.4 Å². The van der Waals surface area contributed by atoms with Crippen molar-refractivity contribution in [1.29, 1.82) is 0 Å². The summed E-state index contributed by atoms with van der Waals surface area (Å²) < 4.78 is 23.1. The van der Waals surface area contributed by atoms with Crippen molar-refractivity contribution in [1.82, 2.24) is 9.84 Å². The summed E-state index contributed by atoms with van der Waals surface area (Å²) in [6.45, 7) is -0.137. The second-order valence-corrected chi connectivity index (χ2v) is 5.55. The van der Waals surface area contributed by atoms with E-state index < -0.39 is 10.0 Å². The molecule has 0 fully saturated rings. The van der Waals surface area contributed by atoms with Gasteiger partial charge in [0.1, 0.15) is 0 Å². The third kappa shape index (κ3) is 2.76. The topological polar surface area (TPSA) is 69.6 Å². The molecule has 1 aromatic heterocycles. The number of thiophene rings is 1. The average Bonchev–Trinajstić information content (AvgIpc) is 2.49. The van der Waals surface area contributed by atoms with E-state index in [4.69, 9.17) is 5.11 Å². The summed E-state index contributed by atoms with van der Waals surface area (Å²) in [5, 5.41) is 11.6. The molecule has 0 aliphatic heterocycles. The SMILES string of the molecule is CN(C)NS(=O)(=O)c1csc(CO)c1. The number of nitrogens with one attached hydrogen (secondary N) is 1. The van der Waals surface area contributed by atoms with Crippen LogP contribution < -0.4 is 4.83 Å². The number of hydrogen-bond acceptors (Lipinski definition) is 5. The number of nitrogens with zero attached hydrogens (tertiary/aromatic N) is 1. The van der Waals surface area contributed by atoms with Gasteiger partial charge in [-0.25, -0.2) is 13.4 Å². The molecule has 5 nitrogen and oxygen atoms in total. The molecule has 80 valence electrons. The summed E-state index contributed by atoms with van der Waals surface area (Å²) in [6.07, 6.45) is 0. The van der Waals surface area contributed by atoms with Crippen molar-refractivity contribution in [2.24, 2.45) is 0 Å². The third-order valence-corrected chi connectivity index (χ3v) is 3.93. The number of rotatable bonds is 4. The largest absolute Gasteiger partial charge is 0.391 e. The Balaban J connectivity index is 2.93. The maximum atomic E-state index is 11.5. The molecule has 0 spiro atoms. The first-order valence-electron chi connectivity index (χ1n) is 3.84. The molecule has 7 heteroatoms.